The molecule has 1 aromatic heterocycles. The zero-order valence-electron chi connectivity index (χ0n) is 31.7. The Labute approximate surface area is 319 Å². The van der Waals surface area contributed by atoms with Crippen molar-refractivity contribution in [3.63, 3.8) is 0 Å². The molecule has 1 saturated carbocycles. The Morgan fingerprint density at radius 1 is 1.06 bits per heavy atom. The summed E-state index contributed by atoms with van der Waals surface area (Å²) in [4.78, 5) is 32.4. The van der Waals surface area contributed by atoms with Crippen LogP contribution in [0.3, 0.4) is 0 Å². The second-order valence-electron chi connectivity index (χ2n) is 14.7. The van der Waals surface area contributed by atoms with Crippen LogP contribution in [0.15, 0.2) is 36.5 Å². The SMILES string of the molecule is CCOc1cc2ncc(C#N)c(Nc3ccc(OCC4CC5(CCCCCCCCC5)C(C(=O)OC)CN4)c(Cl)c3)c2cc1NC(=O)CCCN(C)C. The van der Waals surface area contributed by atoms with Crippen LogP contribution in [0.25, 0.3) is 10.9 Å². The summed E-state index contributed by atoms with van der Waals surface area (Å²) in [6.45, 7) is 4.09. The molecule has 53 heavy (non-hydrogen) atoms. The van der Waals surface area contributed by atoms with E-state index in [4.69, 9.17) is 25.8 Å². The van der Waals surface area contributed by atoms with Gasteiger partial charge in [-0.05, 0) is 82.9 Å². The van der Waals surface area contributed by atoms with Crippen LogP contribution in [-0.2, 0) is 14.3 Å². The van der Waals surface area contributed by atoms with E-state index in [1.54, 1.807) is 18.2 Å². The maximum Gasteiger partial charge on any atom is 0.310 e. The van der Waals surface area contributed by atoms with Gasteiger partial charge in [-0.2, -0.15) is 5.26 Å². The van der Waals surface area contributed by atoms with E-state index < -0.39 is 0 Å². The Morgan fingerprint density at radius 3 is 2.45 bits per heavy atom. The number of carbonyl (C=O) groups is 2. The van der Waals surface area contributed by atoms with Gasteiger partial charge >= 0.3 is 5.97 Å². The van der Waals surface area contributed by atoms with Gasteiger partial charge in [-0.3, -0.25) is 14.6 Å². The van der Waals surface area contributed by atoms with Gasteiger partial charge in [-0.1, -0.05) is 56.5 Å². The molecule has 2 aliphatic rings. The van der Waals surface area contributed by atoms with Crippen LogP contribution in [0, 0.1) is 22.7 Å². The van der Waals surface area contributed by atoms with E-state index in [1.165, 1.54) is 45.4 Å². The molecule has 0 bridgehead atoms. The van der Waals surface area contributed by atoms with E-state index >= 15 is 0 Å². The minimum Gasteiger partial charge on any atom is -0.492 e. The summed E-state index contributed by atoms with van der Waals surface area (Å²) in [5.74, 6) is 0.660. The summed E-state index contributed by atoms with van der Waals surface area (Å²) in [5, 5.41) is 21.1. The fourth-order valence-electron chi connectivity index (χ4n) is 7.93. The first kappa shape index (κ1) is 40.1. The molecule has 286 valence electrons. The Kier molecular flexibility index (Phi) is 14.6. The number of anilines is 3. The van der Waals surface area contributed by atoms with E-state index in [-0.39, 0.29) is 29.3 Å². The van der Waals surface area contributed by atoms with Gasteiger partial charge in [-0.25, -0.2) is 0 Å². The van der Waals surface area contributed by atoms with E-state index in [9.17, 15) is 14.9 Å². The van der Waals surface area contributed by atoms with Crippen LogP contribution in [-0.4, -0.2) is 75.3 Å². The number of esters is 1. The van der Waals surface area contributed by atoms with E-state index in [0.717, 1.165) is 45.1 Å². The smallest absolute Gasteiger partial charge is 0.310 e. The fraction of sp³-hybridized carbons (Fsp3) is 0.561. The van der Waals surface area contributed by atoms with Gasteiger partial charge in [-0.15, -0.1) is 0 Å². The fourth-order valence-corrected chi connectivity index (χ4v) is 8.16. The highest BCUT2D eigenvalue weighted by molar-refractivity contribution is 6.32. The third-order valence-corrected chi connectivity index (χ3v) is 10.9. The Bertz CT molecular complexity index is 1750. The molecule has 1 spiro atoms. The number of fused-ring (bicyclic) bond motifs is 1. The average molecular weight is 747 g/mol. The number of hydrogen-bond donors (Lipinski definition) is 3. The lowest BCUT2D eigenvalue weighted by Crippen LogP contribution is -2.55. The van der Waals surface area contributed by atoms with Crippen molar-refractivity contribution in [1.82, 2.24) is 15.2 Å². The number of halogens is 1. The highest BCUT2D eigenvalue weighted by atomic mass is 35.5. The van der Waals surface area contributed by atoms with Crippen molar-refractivity contribution in [2.75, 3.05) is 58.1 Å². The van der Waals surface area contributed by atoms with Crippen LogP contribution >= 0.6 is 11.6 Å². The monoisotopic (exact) mass is 746 g/mol. The molecule has 1 aliphatic heterocycles. The van der Waals surface area contributed by atoms with Gasteiger partial charge in [0.2, 0.25) is 5.91 Å². The number of carbonyl (C=O) groups excluding carboxylic acids is 2. The number of hydrogen-bond acceptors (Lipinski definition) is 10. The molecule has 3 N–H and O–H groups in total. The van der Waals surface area contributed by atoms with Gasteiger partial charge in [0.15, 0.2) is 0 Å². The number of nitriles is 1. The van der Waals surface area contributed by atoms with Crippen molar-refractivity contribution in [3.05, 3.63) is 47.1 Å². The summed E-state index contributed by atoms with van der Waals surface area (Å²) in [7, 11) is 5.45. The third-order valence-electron chi connectivity index (χ3n) is 10.7. The number of amides is 1. The molecule has 2 unspecified atom stereocenters. The lowest BCUT2D eigenvalue weighted by atomic mass is 9.63. The molecule has 11 nitrogen and oxygen atoms in total. The quantitative estimate of drug-likeness (QED) is 0.147. The summed E-state index contributed by atoms with van der Waals surface area (Å²) >= 11 is 6.81. The summed E-state index contributed by atoms with van der Waals surface area (Å²) in [6.07, 6.45) is 14.0. The van der Waals surface area contributed by atoms with Crippen molar-refractivity contribution in [1.29, 1.82) is 5.26 Å². The minimum atomic E-state index is -0.161. The van der Waals surface area contributed by atoms with E-state index in [0.29, 0.717) is 76.2 Å². The number of aromatic nitrogens is 1. The maximum atomic E-state index is 13.0. The average Bonchev–Trinajstić information content (AvgIpc) is 3.14. The van der Waals surface area contributed by atoms with Crippen LogP contribution in [0.4, 0.5) is 17.1 Å². The minimum absolute atomic E-state index is 0.0679. The number of nitrogens with zero attached hydrogens (tertiary/aromatic N) is 3. The molecule has 3 aromatic rings. The predicted molar refractivity (Wildman–Crippen MR) is 210 cm³/mol. The molecule has 2 fully saturated rings. The van der Waals surface area contributed by atoms with E-state index in [2.05, 4.69) is 27.0 Å². The standard InChI is InChI=1S/C41H55ClN6O5/c1-5-52-37-22-34-31(21-35(37)47-38(49)14-13-19-48(2)3)39(28(24-43)25-45-34)46-29-15-16-36(33(42)20-29)53-27-30-23-41(32(26-44-30)40(50)51-4)17-11-9-7-6-8-10-12-18-41/h15-16,20-22,25,30,32,44H,5-14,17-19,23,26-27H2,1-4H3,(H,45,46)(H,47,49). The van der Waals surface area contributed by atoms with Crippen molar-refractivity contribution in [2.45, 2.75) is 90.0 Å². The van der Waals surface area contributed by atoms with Crippen molar-refractivity contribution >= 4 is 51.4 Å². The first-order chi connectivity index (χ1) is 25.7. The van der Waals surface area contributed by atoms with Crippen molar-refractivity contribution in [2.24, 2.45) is 11.3 Å². The molecule has 12 heteroatoms. The predicted octanol–water partition coefficient (Wildman–Crippen LogP) is 8.22. The number of nitrogens with one attached hydrogen (secondary N) is 3. The Morgan fingerprint density at radius 2 is 1.79 bits per heavy atom. The second kappa shape index (κ2) is 19.3. The van der Waals surface area contributed by atoms with Crippen LogP contribution in [0.5, 0.6) is 11.5 Å². The maximum absolute atomic E-state index is 13.0. The molecule has 5 rings (SSSR count). The van der Waals surface area contributed by atoms with E-state index in [1.807, 2.05) is 38.1 Å². The van der Waals surface area contributed by atoms with Crippen LogP contribution in [0.1, 0.15) is 89.5 Å². The lowest BCUT2D eigenvalue weighted by molar-refractivity contribution is -0.153. The molecule has 1 saturated heterocycles. The highest BCUT2D eigenvalue weighted by Crippen LogP contribution is 2.47. The van der Waals surface area contributed by atoms with Gasteiger partial charge in [0.25, 0.3) is 0 Å². The molecule has 0 radical (unpaired) electrons. The van der Waals surface area contributed by atoms with Crippen molar-refractivity contribution < 1.29 is 23.8 Å². The zero-order chi connectivity index (χ0) is 37.8. The summed E-state index contributed by atoms with van der Waals surface area (Å²) in [6, 6.07) is 11.3. The molecular weight excluding hydrogens is 692 g/mol. The summed E-state index contributed by atoms with van der Waals surface area (Å²) in [5.41, 5.74) is 2.55. The molecular formula is C41H55ClN6O5. The molecule has 2 atom stereocenters. The largest absolute Gasteiger partial charge is 0.492 e. The number of benzene rings is 2. The second-order valence-corrected chi connectivity index (χ2v) is 15.1. The van der Waals surface area contributed by atoms with Crippen LogP contribution < -0.4 is 25.4 Å². The number of rotatable bonds is 13. The highest BCUT2D eigenvalue weighted by Gasteiger charge is 2.47. The number of methoxy groups -OCH3 is 1. The zero-order valence-corrected chi connectivity index (χ0v) is 32.4. The molecule has 1 aliphatic carbocycles. The van der Waals surface area contributed by atoms with Gasteiger partial charge in [0, 0.05) is 42.3 Å². The van der Waals surface area contributed by atoms with Gasteiger partial charge in [0.05, 0.1) is 47.1 Å². The first-order valence-electron chi connectivity index (χ1n) is 19.1. The Hall–Kier alpha value is -4.11. The molecule has 1 amide bonds. The normalized spacial score (nSPS) is 19.0. The number of ether oxygens (including phenoxy) is 3. The van der Waals surface area contributed by atoms with Crippen LogP contribution in [0.2, 0.25) is 5.02 Å². The summed E-state index contributed by atoms with van der Waals surface area (Å²) < 4.78 is 17.5. The lowest BCUT2D eigenvalue weighted by Gasteiger charge is -2.47. The van der Waals surface area contributed by atoms with Crippen molar-refractivity contribution in [3.8, 4) is 17.6 Å². The number of pyridine rings is 1. The molecule has 2 aromatic carbocycles. The Balaban J connectivity index is 1.32. The first-order valence-corrected chi connectivity index (χ1v) is 19.5. The topological polar surface area (TPSA) is 138 Å². The van der Waals surface area contributed by atoms with Gasteiger partial charge in [0.1, 0.15) is 24.2 Å². The van der Waals surface area contributed by atoms with Gasteiger partial charge < -0.3 is 35.1 Å². The third kappa shape index (κ3) is 10.5. The molecule has 2 heterocycles. The number of piperidine rings is 1.